The molecule has 0 unspecified atom stereocenters. The highest BCUT2D eigenvalue weighted by molar-refractivity contribution is 8.26. The van der Waals surface area contributed by atoms with Gasteiger partial charge in [-0.15, -0.1) is 0 Å². The van der Waals surface area contributed by atoms with Gasteiger partial charge >= 0.3 is 5.69 Å². The van der Waals surface area contributed by atoms with E-state index in [4.69, 9.17) is 12.2 Å². The van der Waals surface area contributed by atoms with Crippen molar-refractivity contribution < 1.29 is 9.59 Å². The molecular weight excluding hydrogens is 456 g/mol. The normalized spacial score (nSPS) is 31.9. The minimum atomic E-state index is -0.342. The molecule has 0 spiro atoms. The van der Waals surface area contributed by atoms with Gasteiger partial charge in [0.05, 0.1) is 21.4 Å². The topological polar surface area (TPSA) is 76.3 Å². The van der Waals surface area contributed by atoms with Crippen LogP contribution in [0.2, 0.25) is 0 Å². The number of thioether (sulfide) groups is 1. The van der Waals surface area contributed by atoms with Crippen molar-refractivity contribution in [1.29, 1.82) is 0 Å². The van der Waals surface area contributed by atoms with E-state index in [-0.39, 0.29) is 22.9 Å². The standard InChI is InChI=1S/C24H26N4O3S2/c1-26-17-4-3-13(8-18(17)27(2)22(26)31)9-19-20(29)28(23(32)33-19)25-21(30)24-10-14-5-15(11-24)7-16(6-14)12-24/h3-4,8-9,14-16H,5-7,10-12H2,1-2H3,(H,25,30)/b19-9+. The summed E-state index contributed by atoms with van der Waals surface area (Å²) in [6.45, 7) is 0. The molecular formula is C24H26N4O3S2. The van der Waals surface area contributed by atoms with Crippen LogP contribution < -0.4 is 11.1 Å². The highest BCUT2D eigenvalue weighted by atomic mass is 32.2. The van der Waals surface area contributed by atoms with E-state index in [1.54, 1.807) is 29.3 Å². The molecule has 7 rings (SSSR count). The number of nitrogens with zero attached hydrogens (tertiary/aromatic N) is 3. The maximum absolute atomic E-state index is 13.4. The summed E-state index contributed by atoms with van der Waals surface area (Å²) in [5, 5.41) is 1.25. The second-order valence-corrected chi connectivity index (χ2v) is 12.0. The number of rotatable bonds is 3. The highest BCUT2D eigenvalue weighted by Gasteiger charge is 2.55. The van der Waals surface area contributed by atoms with Gasteiger partial charge in [0.15, 0.2) is 4.32 Å². The van der Waals surface area contributed by atoms with Gasteiger partial charge in [-0.3, -0.25) is 24.1 Å². The zero-order valence-corrected chi connectivity index (χ0v) is 20.3. The number of hydrogen-bond acceptors (Lipinski definition) is 5. The second kappa shape index (κ2) is 7.30. The van der Waals surface area contributed by atoms with Gasteiger partial charge in [-0.1, -0.05) is 17.8 Å². The van der Waals surface area contributed by atoms with Crippen LogP contribution in [0.5, 0.6) is 0 Å². The highest BCUT2D eigenvalue weighted by Crippen LogP contribution is 2.60. The number of benzene rings is 1. The van der Waals surface area contributed by atoms with E-state index in [0.29, 0.717) is 27.0 Å². The van der Waals surface area contributed by atoms with Crippen LogP contribution in [-0.2, 0) is 23.7 Å². The van der Waals surface area contributed by atoms with Crippen molar-refractivity contribution in [2.45, 2.75) is 38.5 Å². The fraction of sp³-hybridized carbons (Fsp3) is 0.500. The van der Waals surface area contributed by atoms with Crippen LogP contribution in [0.25, 0.3) is 17.1 Å². The van der Waals surface area contributed by atoms with Gasteiger partial charge in [-0.25, -0.2) is 4.79 Å². The Labute approximate surface area is 201 Å². The Hall–Kier alpha value is -2.39. The molecule has 9 heteroatoms. The average Bonchev–Trinajstić information content (AvgIpc) is 3.15. The van der Waals surface area contributed by atoms with E-state index in [2.05, 4.69) is 5.43 Å². The third kappa shape index (κ3) is 3.23. The van der Waals surface area contributed by atoms with Crippen LogP contribution in [0.1, 0.15) is 44.1 Å². The Balaban J connectivity index is 1.24. The van der Waals surface area contributed by atoms with Gasteiger partial charge in [0.2, 0.25) is 5.91 Å². The fourth-order valence-electron chi connectivity index (χ4n) is 6.94. The van der Waals surface area contributed by atoms with E-state index in [0.717, 1.165) is 35.9 Å². The van der Waals surface area contributed by atoms with Crippen LogP contribution in [0.15, 0.2) is 27.9 Å². The number of aryl methyl sites for hydroxylation is 2. The molecule has 2 aromatic rings. The second-order valence-electron chi connectivity index (χ2n) is 10.3. The Morgan fingerprint density at radius 3 is 2.30 bits per heavy atom. The molecule has 1 N–H and O–H groups in total. The molecule has 0 atom stereocenters. The summed E-state index contributed by atoms with van der Waals surface area (Å²) < 4.78 is 3.53. The number of hydrazine groups is 1. The van der Waals surface area contributed by atoms with E-state index in [9.17, 15) is 14.4 Å². The summed E-state index contributed by atoms with van der Waals surface area (Å²) >= 11 is 6.65. The molecule has 7 nitrogen and oxygen atoms in total. The molecule has 0 radical (unpaired) electrons. The number of thiocarbonyl (C=S) groups is 1. The van der Waals surface area contributed by atoms with Crippen LogP contribution >= 0.6 is 24.0 Å². The van der Waals surface area contributed by atoms with Crippen molar-refractivity contribution in [3.8, 4) is 0 Å². The minimum Gasteiger partial charge on any atom is -0.295 e. The van der Waals surface area contributed by atoms with E-state index < -0.39 is 0 Å². The number of imidazole rings is 1. The minimum absolute atomic E-state index is 0.0418. The lowest BCUT2D eigenvalue weighted by molar-refractivity contribution is -0.152. The summed E-state index contributed by atoms with van der Waals surface area (Å²) in [5.41, 5.74) is 4.88. The average molecular weight is 483 g/mol. The molecule has 4 saturated carbocycles. The maximum Gasteiger partial charge on any atom is 0.328 e. The first-order chi connectivity index (χ1) is 15.7. The molecule has 172 valence electrons. The molecule has 33 heavy (non-hydrogen) atoms. The number of carbonyl (C=O) groups is 2. The van der Waals surface area contributed by atoms with Crippen LogP contribution in [0.4, 0.5) is 0 Å². The number of nitrogens with one attached hydrogen (secondary N) is 1. The predicted molar refractivity (Wildman–Crippen MR) is 132 cm³/mol. The molecule has 1 aromatic carbocycles. The van der Waals surface area contributed by atoms with E-state index in [1.807, 2.05) is 18.2 Å². The first-order valence-electron chi connectivity index (χ1n) is 11.5. The molecule has 2 heterocycles. The summed E-state index contributed by atoms with van der Waals surface area (Å²) in [6.07, 6.45) is 8.35. The van der Waals surface area contributed by atoms with Crippen molar-refractivity contribution in [2.75, 3.05) is 0 Å². The summed E-state index contributed by atoms with van der Waals surface area (Å²) in [6, 6.07) is 5.64. The van der Waals surface area contributed by atoms with Crippen molar-refractivity contribution in [1.82, 2.24) is 19.6 Å². The first kappa shape index (κ1) is 21.2. The molecule has 1 saturated heterocycles. The van der Waals surface area contributed by atoms with Gasteiger partial charge in [-0.2, -0.15) is 5.01 Å². The quantitative estimate of drug-likeness (QED) is 0.537. The zero-order valence-electron chi connectivity index (χ0n) is 18.7. The van der Waals surface area contributed by atoms with Gasteiger partial charge < -0.3 is 0 Å². The third-order valence-electron chi connectivity index (χ3n) is 8.12. The van der Waals surface area contributed by atoms with Crippen molar-refractivity contribution in [3.05, 3.63) is 39.2 Å². The van der Waals surface area contributed by atoms with E-state index in [1.165, 1.54) is 36.0 Å². The molecule has 4 aliphatic carbocycles. The summed E-state index contributed by atoms with van der Waals surface area (Å²) in [4.78, 5) is 39.2. The fourth-order valence-corrected chi connectivity index (χ4v) is 8.12. The predicted octanol–water partition coefficient (Wildman–Crippen LogP) is 3.33. The van der Waals surface area contributed by atoms with Crippen molar-refractivity contribution >= 4 is 57.2 Å². The monoisotopic (exact) mass is 482 g/mol. The number of carbonyl (C=O) groups excluding carboxylic acids is 2. The van der Waals surface area contributed by atoms with E-state index >= 15 is 0 Å². The Morgan fingerprint density at radius 2 is 1.67 bits per heavy atom. The molecule has 5 fully saturated rings. The first-order valence-corrected chi connectivity index (χ1v) is 12.7. The molecule has 5 aliphatic rings. The zero-order chi connectivity index (χ0) is 23.1. The van der Waals surface area contributed by atoms with Crippen molar-refractivity contribution in [3.63, 3.8) is 0 Å². The SMILES string of the molecule is Cn1c(=O)n(C)c2cc(/C=C3/SC(=S)N(NC(=O)C45CC6CC(CC(C6)C4)C5)C3=O)ccc21. The van der Waals surface area contributed by atoms with Gasteiger partial charge in [0, 0.05) is 14.1 Å². The van der Waals surface area contributed by atoms with Crippen LogP contribution in [0, 0.1) is 23.2 Å². The third-order valence-corrected chi connectivity index (χ3v) is 9.42. The number of amides is 2. The molecule has 4 bridgehead atoms. The number of fused-ring (bicyclic) bond motifs is 1. The maximum atomic E-state index is 13.4. The van der Waals surface area contributed by atoms with Gasteiger partial charge in [-0.05, 0) is 92.3 Å². The van der Waals surface area contributed by atoms with Crippen LogP contribution in [0.3, 0.4) is 0 Å². The lowest BCUT2D eigenvalue weighted by Crippen LogP contribution is -2.57. The number of hydrogen-bond donors (Lipinski definition) is 1. The van der Waals surface area contributed by atoms with Gasteiger partial charge in [0.25, 0.3) is 5.91 Å². The lowest BCUT2D eigenvalue weighted by Gasteiger charge is -2.55. The smallest absolute Gasteiger partial charge is 0.295 e. The molecule has 1 aliphatic heterocycles. The van der Waals surface area contributed by atoms with Crippen LogP contribution in [-0.4, -0.2) is 30.3 Å². The Bertz CT molecular complexity index is 1290. The Kier molecular flexibility index (Phi) is 4.68. The molecule has 2 amide bonds. The largest absolute Gasteiger partial charge is 0.328 e. The number of aromatic nitrogens is 2. The lowest BCUT2D eigenvalue weighted by atomic mass is 9.49. The van der Waals surface area contributed by atoms with Crippen molar-refractivity contribution in [2.24, 2.45) is 37.3 Å². The van der Waals surface area contributed by atoms with Gasteiger partial charge in [0.1, 0.15) is 0 Å². The Morgan fingerprint density at radius 1 is 1.06 bits per heavy atom. The molecule has 1 aromatic heterocycles. The summed E-state index contributed by atoms with van der Waals surface area (Å²) in [7, 11) is 3.47. The summed E-state index contributed by atoms with van der Waals surface area (Å²) in [5.74, 6) is 1.61.